The van der Waals surface area contributed by atoms with E-state index in [9.17, 15) is 0 Å². The number of aryl methyl sites for hydroxylation is 1. The molecule has 1 aromatic rings. The van der Waals surface area contributed by atoms with Gasteiger partial charge in [-0.25, -0.2) is 0 Å². The standard InChI is InChI=1S/C16H28N2/c1-7-17-14(3)16(4,5)12-18(6)15-11-9-8-10-13(15)2/h8-11,14,17H,7,12H2,1-6H3. The van der Waals surface area contributed by atoms with Crippen molar-refractivity contribution in [1.82, 2.24) is 5.32 Å². The number of hydrogen-bond donors (Lipinski definition) is 1. The van der Waals surface area contributed by atoms with Gasteiger partial charge in [0.1, 0.15) is 0 Å². The van der Waals surface area contributed by atoms with Crippen molar-refractivity contribution < 1.29 is 0 Å². The molecule has 1 unspecified atom stereocenters. The van der Waals surface area contributed by atoms with E-state index in [1.807, 2.05) is 0 Å². The minimum atomic E-state index is 0.243. The predicted molar refractivity (Wildman–Crippen MR) is 81.4 cm³/mol. The molecule has 0 spiro atoms. The van der Waals surface area contributed by atoms with Crippen LogP contribution in [0.25, 0.3) is 0 Å². The van der Waals surface area contributed by atoms with E-state index in [2.05, 4.69) is 76.1 Å². The van der Waals surface area contributed by atoms with Crippen LogP contribution in [0.3, 0.4) is 0 Å². The van der Waals surface area contributed by atoms with Crippen molar-refractivity contribution in [2.45, 2.75) is 40.7 Å². The van der Waals surface area contributed by atoms with Crippen LogP contribution < -0.4 is 10.2 Å². The maximum Gasteiger partial charge on any atom is 0.0393 e. The van der Waals surface area contributed by atoms with Crippen LogP contribution in [0.15, 0.2) is 24.3 Å². The van der Waals surface area contributed by atoms with Gasteiger partial charge < -0.3 is 10.2 Å². The molecule has 0 aromatic heterocycles. The van der Waals surface area contributed by atoms with Crippen molar-refractivity contribution >= 4 is 5.69 Å². The van der Waals surface area contributed by atoms with Crippen molar-refractivity contribution in [2.24, 2.45) is 5.41 Å². The van der Waals surface area contributed by atoms with E-state index in [4.69, 9.17) is 0 Å². The van der Waals surface area contributed by atoms with E-state index < -0.39 is 0 Å². The van der Waals surface area contributed by atoms with Crippen LogP contribution in [-0.4, -0.2) is 26.2 Å². The Bertz CT molecular complexity index is 371. The Labute approximate surface area is 112 Å². The highest BCUT2D eigenvalue weighted by Crippen LogP contribution is 2.26. The first-order valence-corrected chi connectivity index (χ1v) is 6.88. The molecule has 2 heteroatoms. The van der Waals surface area contributed by atoms with Crippen molar-refractivity contribution in [3.63, 3.8) is 0 Å². The number of para-hydroxylation sites is 1. The fraction of sp³-hybridized carbons (Fsp3) is 0.625. The van der Waals surface area contributed by atoms with E-state index in [0.29, 0.717) is 6.04 Å². The van der Waals surface area contributed by atoms with Gasteiger partial charge in [0.25, 0.3) is 0 Å². The number of nitrogens with zero attached hydrogens (tertiary/aromatic N) is 1. The maximum atomic E-state index is 3.53. The highest BCUT2D eigenvalue weighted by Gasteiger charge is 2.27. The first-order valence-electron chi connectivity index (χ1n) is 6.88. The first kappa shape index (κ1) is 15.0. The Hall–Kier alpha value is -1.02. The minimum absolute atomic E-state index is 0.243. The van der Waals surface area contributed by atoms with Crippen LogP contribution in [0.5, 0.6) is 0 Å². The summed E-state index contributed by atoms with van der Waals surface area (Å²) in [5.41, 5.74) is 2.91. The van der Waals surface area contributed by atoms with Crippen molar-refractivity contribution in [1.29, 1.82) is 0 Å². The smallest absolute Gasteiger partial charge is 0.0393 e. The molecule has 0 saturated carbocycles. The monoisotopic (exact) mass is 248 g/mol. The second kappa shape index (κ2) is 6.24. The Morgan fingerprint density at radius 3 is 2.44 bits per heavy atom. The molecule has 0 heterocycles. The molecule has 1 aromatic carbocycles. The molecular formula is C16H28N2. The lowest BCUT2D eigenvalue weighted by atomic mass is 9.84. The third-order valence-corrected chi connectivity index (χ3v) is 3.85. The summed E-state index contributed by atoms with van der Waals surface area (Å²) in [7, 11) is 2.18. The second-order valence-electron chi connectivity index (χ2n) is 5.91. The summed E-state index contributed by atoms with van der Waals surface area (Å²) < 4.78 is 0. The Morgan fingerprint density at radius 2 is 1.89 bits per heavy atom. The van der Waals surface area contributed by atoms with E-state index >= 15 is 0 Å². The number of hydrogen-bond acceptors (Lipinski definition) is 2. The van der Waals surface area contributed by atoms with Crippen LogP contribution in [-0.2, 0) is 0 Å². The SMILES string of the molecule is CCNC(C)C(C)(C)CN(C)c1ccccc1C. The molecule has 1 N–H and O–H groups in total. The summed E-state index contributed by atoms with van der Waals surface area (Å²) >= 11 is 0. The molecule has 0 saturated heterocycles. The predicted octanol–water partition coefficient (Wildman–Crippen LogP) is 3.46. The van der Waals surface area contributed by atoms with E-state index in [1.165, 1.54) is 11.3 Å². The van der Waals surface area contributed by atoms with E-state index in [1.54, 1.807) is 0 Å². The topological polar surface area (TPSA) is 15.3 Å². The first-order chi connectivity index (χ1) is 8.38. The molecule has 0 aliphatic carbocycles. The van der Waals surface area contributed by atoms with Gasteiger partial charge in [-0.05, 0) is 37.4 Å². The molecule has 1 atom stereocenters. The zero-order valence-corrected chi connectivity index (χ0v) is 12.7. The average Bonchev–Trinajstić information content (AvgIpc) is 2.29. The lowest BCUT2D eigenvalue weighted by Crippen LogP contribution is -2.46. The van der Waals surface area contributed by atoms with Gasteiger partial charge in [0.15, 0.2) is 0 Å². The summed E-state index contributed by atoms with van der Waals surface area (Å²) in [6.07, 6.45) is 0. The maximum absolute atomic E-state index is 3.53. The van der Waals surface area contributed by atoms with Crippen LogP contribution in [0.1, 0.15) is 33.3 Å². The molecular weight excluding hydrogens is 220 g/mol. The lowest BCUT2D eigenvalue weighted by Gasteiger charge is -2.37. The van der Waals surface area contributed by atoms with Crippen molar-refractivity contribution in [3.8, 4) is 0 Å². The van der Waals surface area contributed by atoms with Crippen LogP contribution in [0.4, 0.5) is 5.69 Å². The highest BCUT2D eigenvalue weighted by atomic mass is 15.1. The molecule has 0 fully saturated rings. The van der Waals surface area contributed by atoms with Crippen LogP contribution in [0, 0.1) is 12.3 Å². The van der Waals surface area contributed by atoms with Crippen LogP contribution in [0.2, 0.25) is 0 Å². The number of nitrogens with one attached hydrogen (secondary N) is 1. The molecule has 0 radical (unpaired) electrons. The summed E-state index contributed by atoms with van der Waals surface area (Å²) in [5, 5.41) is 3.53. The third-order valence-electron chi connectivity index (χ3n) is 3.85. The molecule has 0 bridgehead atoms. The highest BCUT2D eigenvalue weighted by molar-refractivity contribution is 5.52. The third kappa shape index (κ3) is 3.74. The van der Waals surface area contributed by atoms with Crippen molar-refractivity contribution in [2.75, 3.05) is 25.0 Å². The quantitative estimate of drug-likeness (QED) is 0.829. The molecule has 102 valence electrons. The Balaban J connectivity index is 2.75. The normalized spacial score (nSPS) is 13.4. The van der Waals surface area contributed by atoms with Gasteiger partial charge in [-0.15, -0.1) is 0 Å². The largest absolute Gasteiger partial charge is 0.374 e. The molecule has 0 aliphatic rings. The Morgan fingerprint density at radius 1 is 1.28 bits per heavy atom. The zero-order valence-electron chi connectivity index (χ0n) is 12.7. The lowest BCUT2D eigenvalue weighted by molar-refractivity contribution is 0.266. The van der Waals surface area contributed by atoms with Gasteiger partial charge >= 0.3 is 0 Å². The van der Waals surface area contributed by atoms with Gasteiger partial charge in [-0.3, -0.25) is 0 Å². The summed E-state index contributed by atoms with van der Waals surface area (Å²) in [4.78, 5) is 2.36. The average molecular weight is 248 g/mol. The molecule has 0 aliphatic heterocycles. The van der Waals surface area contributed by atoms with Gasteiger partial charge in [0.05, 0.1) is 0 Å². The summed E-state index contributed by atoms with van der Waals surface area (Å²) in [6.45, 7) is 13.3. The molecule has 0 amide bonds. The van der Waals surface area contributed by atoms with Gasteiger partial charge in [-0.2, -0.15) is 0 Å². The molecule has 2 nitrogen and oxygen atoms in total. The number of anilines is 1. The molecule has 18 heavy (non-hydrogen) atoms. The second-order valence-corrected chi connectivity index (χ2v) is 5.91. The van der Waals surface area contributed by atoms with Crippen LogP contribution >= 0.6 is 0 Å². The Kier molecular flexibility index (Phi) is 5.21. The van der Waals surface area contributed by atoms with Gasteiger partial charge in [-0.1, -0.05) is 39.0 Å². The summed E-state index contributed by atoms with van der Waals surface area (Å²) in [5.74, 6) is 0. The van der Waals surface area contributed by atoms with Gasteiger partial charge in [0, 0.05) is 25.3 Å². The van der Waals surface area contributed by atoms with E-state index in [0.717, 1.165) is 13.1 Å². The van der Waals surface area contributed by atoms with Crippen molar-refractivity contribution in [3.05, 3.63) is 29.8 Å². The fourth-order valence-electron chi connectivity index (χ4n) is 2.41. The summed E-state index contributed by atoms with van der Waals surface area (Å²) in [6, 6.07) is 9.09. The van der Waals surface area contributed by atoms with Gasteiger partial charge in [0.2, 0.25) is 0 Å². The number of rotatable bonds is 6. The zero-order chi connectivity index (χ0) is 13.8. The fourth-order valence-corrected chi connectivity index (χ4v) is 2.41. The number of benzene rings is 1. The van der Waals surface area contributed by atoms with E-state index in [-0.39, 0.29) is 5.41 Å². The molecule has 1 rings (SSSR count). The minimum Gasteiger partial charge on any atom is -0.374 e.